The molecule has 0 saturated carbocycles. The van der Waals surface area contributed by atoms with Crippen LogP contribution in [0.15, 0.2) is 36.4 Å². The van der Waals surface area contributed by atoms with Crippen molar-refractivity contribution in [3.63, 3.8) is 0 Å². The summed E-state index contributed by atoms with van der Waals surface area (Å²) in [6.45, 7) is 0. The lowest BCUT2D eigenvalue weighted by molar-refractivity contribution is -0.384. The summed E-state index contributed by atoms with van der Waals surface area (Å²) in [7, 11) is 4.60. The van der Waals surface area contributed by atoms with Gasteiger partial charge in [-0.2, -0.15) is 15.4 Å². The second kappa shape index (κ2) is 7.09. The number of non-ortho nitro benzene ring substituents is 1. The van der Waals surface area contributed by atoms with Gasteiger partial charge in [-0.05, 0) is 18.2 Å². The highest BCUT2D eigenvalue weighted by molar-refractivity contribution is 5.83. The molecule has 1 aromatic heterocycles. The molecule has 1 N–H and O–H groups in total. The number of nitro benzene ring substituents is 1. The van der Waals surface area contributed by atoms with Crippen LogP contribution in [0.4, 0.5) is 5.69 Å². The molecule has 0 spiro atoms. The van der Waals surface area contributed by atoms with Gasteiger partial charge in [0.15, 0.2) is 11.5 Å². The number of hydrogen-bond donors (Lipinski definition) is 1. The standard InChI is InChI=1S/C17H16N4O5/c1-24-12-8-13(17(26-3)14(9-12)25-2)16-15(18-20-19-16)10-4-6-11(7-5-10)21(22)23/h4-9H,1-3H3,(H,18,19,20). The number of hydrogen-bond acceptors (Lipinski definition) is 7. The highest BCUT2D eigenvalue weighted by atomic mass is 16.6. The van der Waals surface area contributed by atoms with Crippen LogP contribution in [0.5, 0.6) is 17.2 Å². The van der Waals surface area contributed by atoms with Gasteiger partial charge in [0.2, 0.25) is 0 Å². The number of ether oxygens (including phenoxy) is 3. The molecule has 0 aliphatic carbocycles. The van der Waals surface area contributed by atoms with Crippen LogP contribution in [0, 0.1) is 10.1 Å². The number of aromatic nitrogens is 3. The Bertz CT molecular complexity index is 937. The minimum absolute atomic E-state index is 0.000532. The van der Waals surface area contributed by atoms with Crippen LogP contribution >= 0.6 is 0 Å². The van der Waals surface area contributed by atoms with E-state index in [1.165, 1.54) is 26.4 Å². The van der Waals surface area contributed by atoms with E-state index < -0.39 is 4.92 Å². The number of nitrogens with one attached hydrogen (secondary N) is 1. The number of H-pyrrole nitrogens is 1. The molecule has 0 unspecified atom stereocenters. The summed E-state index contributed by atoms with van der Waals surface area (Å²) >= 11 is 0. The molecule has 9 nitrogen and oxygen atoms in total. The van der Waals surface area contributed by atoms with Gasteiger partial charge in [0.25, 0.3) is 5.69 Å². The van der Waals surface area contributed by atoms with Crippen LogP contribution in [0.25, 0.3) is 22.5 Å². The van der Waals surface area contributed by atoms with Crippen LogP contribution in [0.3, 0.4) is 0 Å². The SMILES string of the molecule is COc1cc(OC)c(OC)c(-c2n[nH]nc2-c2ccc([N+](=O)[O-])cc2)c1. The first-order valence-corrected chi connectivity index (χ1v) is 7.55. The van der Waals surface area contributed by atoms with Crippen LogP contribution in [0.2, 0.25) is 0 Å². The van der Waals surface area contributed by atoms with Gasteiger partial charge >= 0.3 is 0 Å². The van der Waals surface area contributed by atoms with Crippen LogP contribution in [-0.4, -0.2) is 41.7 Å². The molecule has 0 fully saturated rings. The van der Waals surface area contributed by atoms with E-state index in [2.05, 4.69) is 15.4 Å². The normalized spacial score (nSPS) is 10.4. The predicted molar refractivity (Wildman–Crippen MR) is 93.6 cm³/mol. The van der Waals surface area contributed by atoms with Gasteiger partial charge in [-0.1, -0.05) is 0 Å². The molecule has 0 bridgehead atoms. The second-order valence-corrected chi connectivity index (χ2v) is 5.24. The van der Waals surface area contributed by atoms with E-state index in [1.54, 1.807) is 31.4 Å². The number of benzene rings is 2. The van der Waals surface area contributed by atoms with Crippen LogP contribution in [0.1, 0.15) is 0 Å². The Labute approximate surface area is 148 Å². The molecule has 0 aliphatic heterocycles. The minimum Gasteiger partial charge on any atom is -0.497 e. The number of aromatic amines is 1. The fraction of sp³-hybridized carbons (Fsp3) is 0.176. The van der Waals surface area contributed by atoms with Gasteiger partial charge < -0.3 is 14.2 Å². The van der Waals surface area contributed by atoms with Gasteiger partial charge in [-0.15, -0.1) is 0 Å². The van der Waals surface area contributed by atoms with Crippen molar-refractivity contribution < 1.29 is 19.1 Å². The quantitative estimate of drug-likeness (QED) is 0.533. The lowest BCUT2D eigenvalue weighted by Crippen LogP contribution is -1.96. The molecule has 3 rings (SSSR count). The van der Waals surface area contributed by atoms with E-state index >= 15 is 0 Å². The summed E-state index contributed by atoms with van der Waals surface area (Å²) < 4.78 is 16.2. The molecule has 3 aromatic rings. The fourth-order valence-electron chi connectivity index (χ4n) is 2.59. The zero-order valence-electron chi connectivity index (χ0n) is 14.3. The Balaban J connectivity index is 2.15. The van der Waals surface area contributed by atoms with Crippen molar-refractivity contribution in [3.05, 3.63) is 46.5 Å². The Morgan fingerprint density at radius 3 is 2.23 bits per heavy atom. The first-order valence-electron chi connectivity index (χ1n) is 7.55. The molecule has 26 heavy (non-hydrogen) atoms. The third-order valence-corrected chi connectivity index (χ3v) is 3.84. The van der Waals surface area contributed by atoms with Crippen molar-refractivity contribution in [1.29, 1.82) is 0 Å². The maximum Gasteiger partial charge on any atom is 0.269 e. The average molecular weight is 356 g/mol. The third-order valence-electron chi connectivity index (χ3n) is 3.84. The molecule has 134 valence electrons. The summed E-state index contributed by atoms with van der Waals surface area (Å²) in [6, 6.07) is 9.52. The van der Waals surface area contributed by atoms with Gasteiger partial charge in [0.1, 0.15) is 17.1 Å². The molecule has 0 amide bonds. The molecule has 0 aliphatic rings. The summed E-state index contributed by atoms with van der Waals surface area (Å²) in [5.74, 6) is 1.53. The van der Waals surface area contributed by atoms with E-state index in [4.69, 9.17) is 14.2 Å². The molecule has 0 atom stereocenters. The van der Waals surface area contributed by atoms with Gasteiger partial charge in [0, 0.05) is 23.8 Å². The highest BCUT2D eigenvalue weighted by Crippen LogP contribution is 2.43. The van der Waals surface area contributed by atoms with Gasteiger partial charge in [0.05, 0.1) is 31.8 Å². The van der Waals surface area contributed by atoms with Crippen molar-refractivity contribution in [2.24, 2.45) is 0 Å². The van der Waals surface area contributed by atoms with Crippen molar-refractivity contribution in [2.75, 3.05) is 21.3 Å². The van der Waals surface area contributed by atoms with Crippen LogP contribution < -0.4 is 14.2 Å². The molecule has 0 saturated heterocycles. The Kier molecular flexibility index (Phi) is 4.70. The maximum atomic E-state index is 10.8. The lowest BCUT2D eigenvalue weighted by atomic mass is 10.0. The minimum atomic E-state index is -0.455. The third kappa shape index (κ3) is 3.02. The smallest absolute Gasteiger partial charge is 0.269 e. The van der Waals surface area contributed by atoms with E-state index in [0.29, 0.717) is 39.8 Å². The van der Waals surface area contributed by atoms with Crippen molar-refractivity contribution in [3.8, 4) is 39.8 Å². The number of rotatable bonds is 6. The largest absolute Gasteiger partial charge is 0.497 e. The molecule has 1 heterocycles. The van der Waals surface area contributed by atoms with E-state index in [-0.39, 0.29) is 5.69 Å². The summed E-state index contributed by atoms with van der Waals surface area (Å²) in [6.07, 6.45) is 0. The summed E-state index contributed by atoms with van der Waals surface area (Å²) in [4.78, 5) is 10.4. The topological polar surface area (TPSA) is 112 Å². The van der Waals surface area contributed by atoms with E-state index in [1.807, 2.05) is 0 Å². The fourth-order valence-corrected chi connectivity index (χ4v) is 2.59. The summed E-state index contributed by atoms with van der Waals surface area (Å²) in [5, 5.41) is 21.8. The maximum absolute atomic E-state index is 10.8. The molecule has 0 radical (unpaired) electrons. The highest BCUT2D eigenvalue weighted by Gasteiger charge is 2.21. The second-order valence-electron chi connectivity index (χ2n) is 5.24. The zero-order chi connectivity index (χ0) is 18.7. The molecule has 9 heteroatoms. The summed E-state index contributed by atoms with van der Waals surface area (Å²) in [5.41, 5.74) is 2.31. The van der Waals surface area contributed by atoms with Crippen LogP contribution in [-0.2, 0) is 0 Å². The number of methoxy groups -OCH3 is 3. The molecular formula is C17H16N4O5. The molecule has 2 aromatic carbocycles. The first kappa shape index (κ1) is 17.2. The Morgan fingerprint density at radius 2 is 1.65 bits per heavy atom. The average Bonchev–Trinajstić information content (AvgIpc) is 3.16. The van der Waals surface area contributed by atoms with Gasteiger partial charge in [-0.25, -0.2) is 0 Å². The Morgan fingerprint density at radius 1 is 0.962 bits per heavy atom. The predicted octanol–water partition coefficient (Wildman–Crippen LogP) is 3.07. The monoisotopic (exact) mass is 356 g/mol. The van der Waals surface area contributed by atoms with Crippen molar-refractivity contribution in [2.45, 2.75) is 0 Å². The number of nitrogens with zero attached hydrogens (tertiary/aromatic N) is 3. The zero-order valence-corrected chi connectivity index (χ0v) is 14.3. The lowest BCUT2D eigenvalue weighted by Gasteiger charge is -2.14. The van der Waals surface area contributed by atoms with E-state index in [9.17, 15) is 10.1 Å². The van der Waals surface area contributed by atoms with E-state index in [0.717, 1.165) is 0 Å². The molecular weight excluding hydrogens is 340 g/mol. The van der Waals surface area contributed by atoms with Crippen molar-refractivity contribution >= 4 is 5.69 Å². The Hall–Kier alpha value is -3.62. The van der Waals surface area contributed by atoms with Crippen molar-refractivity contribution in [1.82, 2.24) is 15.4 Å². The number of nitro groups is 1. The first-order chi connectivity index (χ1) is 12.6. The van der Waals surface area contributed by atoms with Gasteiger partial charge in [-0.3, -0.25) is 10.1 Å².